The first-order valence-corrected chi connectivity index (χ1v) is 16.7. The summed E-state index contributed by atoms with van der Waals surface area (Å²) in [7, 11) is -1.97. The molecule has 1 atom stereocenters. The van der Waals surface area contributed by atoms with E-state index < -0.39 is 15.8 Å². The summed E-state index contributed by atoms with van der Waals surface area (Å²) in [5, 5.41) is 6.56. The van der Waals surface area contributed by atoms with Crippen molar-refractivity contribution in [1.29, 1.82) is 0 Å². The van der Waals surface area contributed by atoms with Crippen molar-refractivity contribution in [1.82, 2.24) is 0 Å². The monoisotopic (exact) mass is 572 g/mol. The Bertz CT molecular complexity index is 1750. The van der Waals surface area contributed by atoms with Crippen LogP contribution in [0.1, 0.15) is 16.7 Å². The van der Waals surface area contributed by atoms with E-state index in [1.165, 1.54) is 37.7 Å². The van der Waals surface area contributed by atoms with Crippen molar-refractivity contribution in [3.8, 4) is 11.6 Å². The fraction of sp³-hybridized carbons (Fsp3) is 0. The zero-order chi connectivity index (χ0) is 28.4. The summed E-state index contributed by atoms with van der Waals surface area (Å²) in [5.74, 6) is 3.57. The van der Waals surface area contributed by atoms with Gasteiger partial charge < -0.3 is 0 Å². The molecule has 0 nitrogen and oxygen atoms in total. The Balaban J connectivity index is 1.74. The van der Waals surface area contributed by atoms with E-state index >= 15 is 0 Å². The molecule has 0 fully saturated rings. The number of rotatable bonds is 7. The average molecular weight is 573 g/mol. The summed E-state index contributed by atoms with van der Waals surface area (Å²) in [6.45, 7) is 0. The smallest absolute Gasteiger partial charge is 0.0361 e. The molecule has 2 heteroatoms. The summed E-state index contributed by atoms with van der Waals surface area (Å²) >= 11 is 0. The first-order valence-electron chi connectivity index (χ1n) is 14.1. The van der Waals surface area contributed by atoms with Crippen molar-refractivity contribution in [3.05, 3.63) is 199 Å². The van der Waals surface area contributed by atoms with Gasteiger partial charge in [0.15, 0.2) is 0 Å². The molecule has 0 aliphatic rings. The second-order valence-electron chi connectivity index (χ2n) is 9.71. The zero-order valence-corrected chi connectivity index (χ0v) is 25.0. The van der Waals surface area contributed by atoms with Crippen molar-refractivity contribution < 1.29 is 0 Å². The summed E-state index contributed by atoms with van der Waals surface area (Å²) in [5.41, 5.74) is 7.31. The summed E-state index contributed by atoms with van der Waals surface area (Å²) in [4.78, 5) is 0. The van der Waals surface area contributed by atoms with Gasteiger partial charge in [-0.1, -0.05) is 181 Å². The fourth-order valence-electron chi connectivity index (χ4n) is 4.97. The zero-order valence-electron chi connectivity index (χ0n) is 23.2. The first-order chi connectivity index (χ1) is 20.9. The molecular formula is C40H30P2. The van der Waals surface area contributed by atoms with Crippen LogP contribution in [-0.4, -0.2) is 0 Å². The maximum atomic E-state index is 3.83. The highest BCUT2D eigenvalue weighted by Crippen LogP contribution is 2.61. The van der Waals surface area contributed by atoms with Crippen LogP contribution in [0.5, 0.6) is 0 Å². The molecule has 0 aromatic heterocycles. The largest absolute Gasteiger partial charge is 0.0622 e. The third-order valence-electron chi connectivity index (χ3n) is 6.89. The molecule has 0 aliphatic heterocycles. The van der Waals surface area contributed by atoms with E-state index in [1.807, 2.05) is 6.07 Å². The maximum Gasteiger partial charge on any atom is 0.0361 e. The summed E-state index contributed by atoms with van der Waals surface area (Å²) in [6, 6.07) is 65.0. The molecule has 0 saturated carbocycles. The van der Waals surface area contributed by atoms with Gasteiger partial charge in [0.2, 0.25) is 0 Å². The number of hydrogen-bond donors (Lipinski definition) is 0. The van der Waals surface area contributed by atoms with Crippen LogP contribution in [0.2, 0.25) is 0 Å². The highest BCUT2D eigenvalue weighted by atomic mass is 31.1. The van der Waals surface area contributed by atoms with Crippen LogP contribution in [0.25, 0.3) is 10.6 Å². The first kappa shape index (κ1) is 27.6. The molecule has 0 saturated heterocycles. The molecule has 0 amide bonds. The van der Waals surface area contributed by atoms with Gasteiger partial charge in [-0.05, 0) is 47.1 Å². The molecule has 6 rings (SSSR count). The van der Waals surface area contributed by atoms with Gasteiger partial charge >= 0.3 is 0 Å². The molecule has 0 radical (unpaired) electrons. The Kier molecular flexibility index (Phi) is 9.15. The molecule has 200 valence electrons. The van der Waals surface area contributed by atoms with E-state index in [0.717, 1.165) is 5.56 Å². The highest BCUT2D eigenvalue weighted by molar-refractivity contribution is 7.87. The topological polar surface area (TPSA) is 0 Å². The second kappa shape index (κ2) is 13.9. The lowest BCUT2D eigenvalue weighted by Gasteiger charge is -2.29. The molecule has 0 bridgehead atoms. The van der Waals surface area contributed by atoms with Gasteiger partial charge in [0, 0.05) is 24.1 Å². The summed E-state index contributed by atoms with van der Waals surface area (Å²) in [6.07, 6.45) is 0. The molecule has 6 aromatic carbocycles. The van der Waals surface area contributed by atoms with Crippen LogP contribution in [0, 0.1) is 11.6 Å². The Morgan fingerprint density at radius 3 is 1.17 bits per heavy atom. The van der Waals surface area contributed by atoms with Crippen LogP contribution < -0.4 is 15.9 Å². The third kappa shape index (κ3) is 6.51. The van der Waals surface area contributed by atoms with Gasteiger partial charge in [0.25, 0.3) is 0 Å². The minimum atomic E-state index is -1.06. The Morgan fingerprint density at radius 2 is 0.714 bits per heavy atom. The van der Waals surface area contributed by atoms with Crippen LogP contribution in [0.15, 0.2) is 182 Å². The van der Waals surface area contributed by atoms with Crippen molar-refractivity contribution in [2.75, 3.05) is 0 Å². The van der Waals surface area contributed by atoms with Gasteiger partial charge in [-0.25, -0.2) is 0 Å². The molecule has 42 heavy (non-hydrogen) atoms. The van der Waals surface area contributed by atoms with Crippen LogP contribution in [0.4, 0.5) is 0 Å². The minimum Gasteiger partial charge on any atom is -0.0622 e. The van der Waals surface area contributed by atoms with Gasteiger partial charge in [-0.15, -0.1) is 0 Å². The molecular weight excluding hydrogens is 542 g/mol. The van der Waals surface area contributed by atoms with Crippen LogP contribution in [0.3, 0.4) is 0 Å². The average Bonchev–Trinajstić information content (AvgIpc) is 3.08. The van der Waals surface area contributed by atoms with Crippen molar-refractivity contribution >= 4 is 42.4 Å². The highest BCUT2D eigenvalue weighted by Gasteiger charge is 2.29. The predicted molar refractivity (Wildman–Crippen MR) is 185 cm³/mol. The Labute approximate surface area is 251 Å². The third-order valence-corrected chi connectivity index (χ3v) is 11.7. The van der Waals surface area contributed by atoms with Crippen molar-refractivity contribution in [2.45, 2.75) is 0 Å². The van der Waals surface area contributed by atoms with Crippen LogP contribution >= 0.6 is 15.8 Å². The molecule has 6 aromatic rings. The number of benzene rings is 6. The standard InChI is InChI=1S/C40H30P2/c1-7-19-33(20-8-1)31-32-41(36-25-13-4-14-26-36)39(34-21-9-2-10-22-34)40(35-23-11-3-12-24-35)42(37-27-15-5-16-28-37)38-29-17-6-18-30-38/h1-30H/b40-39-. The quantitative estimate of drug-likeness (QED) is 0.102. The van der Waals surface area contributed by atoms with E-state index in [1.54, 1.807) is 0 Å². The van der Waals surface area contributed by atoms with Gasteiger partial charge in [0.1, 0.15) is 0 Å². The van der Waals surface area contributed by atoms with E-state index in [9.17, 15) is 0 Å². The van der Waals surface area contributed by atoms with Crippen LogP contribution in [-0.2, 0) is 0 Å². The molecule has 1 unspecified atom stereocenters. The summed E-state index contributed by atoms with van der Waals surface area (Å²) < 4.78 is 0. The molecule has 0 spiro atoms. The SMILES string of the molecule is C(#CP(/C(=C(/c1ccccc1)P(c1ccccc1)c1ccccc1)c1ccccc1)c1ccccc1)c1ccccc1. The number of hydrogen-bond acceptors (Lipinski definition) is 0. The molecule has 0 aliphatic carbocycles. The van der Waals surface area contributed by atoms with Crippen molar-refractivity contribution in [2.24, 2.45) is 0 Å². The lowest BCUT2D eigenvalue weighted by atomic mass is 10.1. The van der Waals surface area contributed by atoms with Gasteiger partial charge in [-0.3, -0.25) is 0 Å². The lowest BCUT2D eigenvalue weighted by Crippen LogP contribution is -2.14. The predicted octanol–water partition coefficient (Wildman–Crippen LogP) is 9.46. The van der Waals surface area contributed by atoms with Gasteiger partial charge in [-0.2, -0.15) is 0 Å². The molecule has 0 heterocycles. The fourth-order valence-corrected chi connectivity index (χ4v) is 10.0. The molecule has 0 N–H and O–H groups in total. The maximum absolute atomic E-state index is 3.83. The Morgan fingerprint density at radius 1 is 0.357 bits per heavy atom. The Hall–Kier alpha value is -4.52. The van der Waals surface area contributed by atoms with E-state index in [-0.39, 0.29) is 0 Å². The van der Waals surface area contributed by atoms with E-state index in [4.69, 9.17) is 0 Å². The second-order valence-corrected chi connectivity index (χ2v) is 13.7. The minimum absolute atomic E-state index is 0.913. The van der Waals surface area contributed by atoms with Gasteiger partial charge in [0.05, 0.1) is 0 Å². The van der Waals surface area contributed by atoms with Crippen molar-refractivity contribution in [3.63, 3.8) is 0 Å². The van der Waals surface area contributed by atoms with E-state index in [0.29, 0.717) is 0 Å². The normalized spacial score (nSPS) is 12.1. The van der Waals surface area contributed by atoms with E-state index in [2.05, 4.69) is 188 Å². The lowest BCUT2D eigenvalue weighted by molar-refractivity contribution is 1.62.